The summed E-state index contributed by atoms with van der Waals surface area (Å²) >= 11 is 1.78. The van der Waals surface area contributed by atoms with Crippen LogP contribution in [0.25, 0.3) is 0 Å². The fourth-order valence-corrected chi connectivity index (χ4v) is 2.07. The predicted molar refractivity (Wildman–Crippen MR) is 95.8 cm³/mol. The van der Waals surface area contributed by atoms with E-state index in [0.29, 0.717) is 6.54 Å². The number of aliphatic imine (C=N–C) groups is 1. The second-order valence-corrected chi connectivity index (χ2v) is 6.99. The molecule has 6 nitrogen and oxygen atoms in total. The van der Waals surface area contributed by atoms with Crippen LogP contribution in [-0.2, 0) is 4.74 Å². The maximum Gasteiger partial charge on any atom is 0.407 e. The summed E-state index contributed by atoms with van der Waals surface area (Å²) in [6, 6.07) is 0.0129. The van der Waals surface area contributed by atoms with Gasteiger partial charge in [0.05, 0.1) is 0 Å². The predicted octanol–water partition coefficient (Wildman–Crippen LogP) is 2.21. The lowest BCUT2D eigenvalue weighted by molar-refractivity contribution is 0.0502. The van der Waals surface area contributed by atoms with Crippen molar-refractivity contribution >= 4 is 23.8 Å². The van der Waals surface area contributed by atoms with Crippen LogP contribution in [0.5, 0.6) is 0 Å². The van der Waals surface area contributed by atoms with Crippen LogP contribution in [0.4, 0.5) is 4.79 Å². The fraction of sp³-hybridized carbons (Fsp3) is 0.867. The number of carbonyl (C=O) groups is 1. The second kappa shape index (κ2) is 11.5. The summed E-state index contributed by atoms with van der Waals surface area (Å²) in [4.78, 5) is 16.0. The van der Waals surface area contributed by atoms with Gasteiger partial charge in [-0.1, -0.05) is 13.3 Å². The number of rotatable bonds is 8. The minimum Gasteiger partial charge on any atom is -0.444 e. The molecular formula is C15H32N4O2S. The minimum atomic E-state index is -0.482. The quantitative estimate of drug-likeness (QED) is 0.361. The Bertz CT molecular complexity index is 343. The number of hydrogen-bond donors (Lipinski definition) is 3. The van der Waals surface area contributed by atoms with Gasteiger partial charge in [-0.3, -0.25) is 4.99 Å². The van der Waals surface area contributed by atoms with Gasteiger partial charge in [-0.25, -0.2) is 4.79 Å². The van der Waals surface area contributed by atoms with Gasteiger partial charge in [0.2, 0.25) is 0 Å². The van der Waals surface area contributed by atoms with Crippen molar-refractivity contribution in [3.05, 3.63) is 0 Å². The topological polar surface area (TPSA) is 74.8 Å². The molecule has 0 saturated heterocycles. The summed E-state index contributed by atoms with van der Waals surface area (Å²) in [7, 11) is 1.74. The van der Waals surface area contributed by atoms with Crippen LogP contribution in [0.15, 0.2) is 4.99 Å². The van der Waals surface area contributed by atoms with E-state index >= 15 is 0 Å². The summed E-state index contributed by atoms with van der Waals surface area (Å²) in [6.45, 7) is 9.14. The first-order valence-corrected chi connectivity index (χ1v) is 9.14. The first kappa shape index (κ1) is 20.9. The number of nitrogens with one attached hydrogen (secondary N) is 3. The number of nitrogens with zero attached hydrogens (tertiary/aromatic N) is 1. The molecule has 0 radical (unpaired) electrons. The van der Waals surface area contributed by atoms with E-state index in [9.17, 15) is 4.79 Å². The molecule has 0 fully saturated rings. The van der Waals surface area contributed by atoms with Crippen LogP contribution in [0, 0.1) is 0 Å². The molecule has 7 heteroatoms. The molecule has 0 aliphatic heterocycles. The van der Waals surface area contributed by atoms with Crippen molar-refractivity contribution in [2.45, 2.75) is 52.2 Å². The van der Waals surface area contributed by atoms with Crippen LogP contribution in [0.2, 0.25) is 0 Å². The van der Waals surface area contributed by atoms with E-state index < -0.39 is 5.60 Å². The smallest absolute Gasteiger partial charge is 0.407 e. The largest absolute Gasteiger partial charge is 0.444 e. The van der Waals surface area contributed by atoms with Crippen molar-refractivity contribution in [1.82, 2.24) is 16.0 Å². The highest BCUT2D eigenvalue weighted by molar-refractivity contribution is 7.98. The SMILES string of the molecule is CCCC(CNC(=NC)NCCSC)NC(=O)OC(C)(C)C. The van der Waals surface area contributed by atoms with Gasteiger partial charge in [0.25, 0.3) is 0 Å². The number of guanidine groups is 1. The van der Waals surface area contributed by atoms with Crippen LogP contribution in [-0.4, -0.2) is 55.8 Å². The van der Waals surface area contributed by atoms with Crippen LogP contribution in [0.3, 0.4) is 0 Å². The Balaban J connectivity index is 4.30. The van der Waals surface area contributed by atoms with E-state index in [1.807, 2.05) is 20.8 Å². The first-order valence-electron chi connectivity index (χ1n) is 7.75. The monoisotopic (exact) mass is 332 g/mol. The third-order valence-electron chi connectivity index (χ3n) is 2.70. The number of alkyl carbamates (subject to hydrolysis) is 1. The highest BCUT2D eigenvalue weighted by Gasteiger charge is 2.19. The Labute approximate surface area is 139 Å². The third-order valence-corrected chi connectivity index (χ3v) is 3.31. The summed E-state index contributed by atoms with van der Waals surface area (Å²) in [5, 5.41) is 9.38. The van der Waals surface area contributed by atoms with Gasteiger partial charge in [-0.2, -0.15) is 11.8 Å². The molecule has 1 amide bonds. The molecule has 0 aliphatic carbocycles. The summed E-state index contributed by atoms with van der Waals surface area (Å²) < 4.78 is 5.30. The van der Waals surface area contributed by atoms with E-state index in [4.69, 9.17) is 4.74 Å². The molecule has 0 aromatic heterocycles. The molecule has 0 aromatic rings. The molecule has 0 rings (SSSR count). The molecule has 0 heterocycles. The van der Waals surface area contributed by atoms with Crippen molar-refractivity contribution in [2.75, 3.05) is 32.1 Å². The summed E-state index contributed by atoms with van der Waals surface area (Å²) in [5.41, 5.74) is -0.482. The highest BCUT2D eigenvalue weighted by atomic mass is 32.2. The minimum absolute atomic E-state index is 0.0129. The molecule has 0 spiro atoms. The van der Waals surface area contributed by atoms with Crippen LogP contribution < -0.4 is 16.0 Å². The lowest BCUT2D eigenvalue weighted by atomic mass is 10.1. The zero-order valence-electron chi connectivity index (χ0n) is 14.8. The molecule has 3 N–H and O–H groups in total. The second-order valence-electron chi connectivity index (χ2n) is 6.00. The zero-order chi connectivity index (χ0) is 17.0. The molecular weight excluding hydrogens is 300 g/mol. The van der Waals surface area contributed by atoms with Crippen molar-refractivity contribution in [2.24, 2.45) is 4.99 Å². The normalized spacial score (nSPS) is 13.5. The molecule has 0 bridgehead atoms. The van der Waals surface area contributed by atoms with Gasteiger partial charge in [-0.05, 0) is 33.4 Å². The van der Waals surface area contributed by atoms with Gasteiger partial charge < -0.3 is 20.7 Å². The Morgan fingerprint density at radius 2 is 2.00 bits per heavy atom. The van der Waals surface area contributed by atoms with Crippen molar-refractivity contribution in [3.8, 4) is 0 Å². The van der Waals surface area contributed by atoms with Gasteiger partial charge >= 0.3 is 6.09 Å². The molecule has 130 valence electrons. The van der Waals surface area contributed by atoms with Crippen LogP contribution in [0.1, 0.15) is 40.5 Å². The first-order chi connectivity index (χ1) is 10.3. The molecule has 1 atom stereocenters. The maximum atomic E-state index is 11.9. The average Bonchev–Trinajstić information content (AvgIpc) is 2.40. The van der Waals surface area contributed by atoms with Crippen molar-refractivity contribution in [1.29, 1.82) is 0 Å². The Morgan fingerprint density at radius 1 is 1.32 bits per heavy atom. The Morgan fingerprint density at radius 3 is 2.50 bits per heavy atom. The van der Waals surface area contributed by atoms with E-state index in [-0.39, 0.29) is 12.1 Å². The summed E-state index contributed by atoms with van der Waals surface area (Å²) in [5.74, 6) is 1.77. The van der Waals surface area contributed by atoms with Crippen LogP contribution >= 0.6 is 11.8 Å². The van der Waals surface area contributed by atoms with E-state index in [0.717, 1.165) is 31.1 Å². The fourth-order valence-electron chi connectivity index (χ4n) is 1.76. The lowest BCUT2D eigenvalue weighted by Gasteiger charge is -2.24. The molecule has 0 saturated carbocycles. The number of amides is 1. The summed E-state index contributed by atoms with van der Waals surface area (Å²) in [6.07, 6.45) is 3.56. The average molecular weight is 333 g/mol. The molecule has 22 heavy (non-hydrogen) atoms. The van der Waals surface area contributed by atoms with E-state index in [1.165, 1.54) is 0 Å². The number of hydrogen-bond acceptors (Lipinski definition) is 4. The standard InChI is InChI=1S/C15H32N4O2S/c1-7-8-12(19-14(20)21-15(2,3)4)11-18-13(16-5)17-9-10-22-6/h12H,7-11H2,1-6H3,(H,19,20)(H2,16,17,18). The Hall–Kier alpha value is -1.11. The molecule has 0 aliphatic rings. The lowest BCUT2D eigenvalue weighted by Crippen LogP contribution is -2.48. The van der Waals surface area contributed by atoms with E-state index in [2.05, 4.69) is 34.1 Å². The van der Waals surface area contributed by atoms with Gasteiger partial charge in [0.1, 0.15) is 5.60 Å². The van der Waals surface area contributed by atoms with E-state index in [1.54, 1.807) is 18.8 Å². The van der Waals surface area contributed by atoms with Crippen molar-refractivity contribution in [3.63, 3.8) is 0 Å². The number of carbonyl (C=O) groups excluding carboxylic acids is 1. The van der Waals surface area contributed by atoms with Gasteiger partial charge in [-0.15, -0.1) is 0 Å². The molecule has 0 aromatic carbocycles. The van der Waals surface area contributed by atoms with Gasteiger partial charge in [0.15, 0.2) is 5.96 Å². The Kier molecular flexibility index (Phi) is 10.9. The number of thioether (sulfide) groups is 1. The zero-order valence-corrected chi connectivity index (χ0v) is 15.6. The third kappa shape index (κ3) is 11.5. The van der Waals surface area contributed by atoms with Crippen molar-refractivity contribution < 1.29 is 9.53 Å². The number of ether oxygens (including phenoxy) is 1. The maximum absolute atomic E-state index is 11.9. The molecule has 1 unspecified atom stereocenters. The highest BCUT2D eigenvalue weighted by Crippen LogP contribution is 2.07. The van der Waals surface area contributed by atoms with Gasteiger partial charge in [0, 0.05) is 31.9 Å².